The summed E-state index contributed by atoms with van der Waals surface area (Å²) in [6.45, 7) is 3.41. The Bertz CT molecular complexity index is 551. The number of aromatic nitrogens is 2. The van der Waals surface area contributed by atoms with E-state index in [-0.39, 0.29) is 23.8 Å². The fraction of sp³-hybridized carbons (Fsp3) is 0.647. The second kappa shape index (κ2) is 7.06. The van der Waals surface area contributed by atoms with Gasteiger partial charge in [0.15, 0.2) is 0 Å². The molecule has 2 amide bonds. The fourth-order valence-electron chi connectivity index (χ4n) is 3.11. The molecular formula is C17H24N4O2. The molecule has 0 radical (unpaired) electrons. The largest absolute Gasteiger partial charge is 0.353 e. The van der Waals surface area contributed by atoms with Gasteiger partial charge in [0.05, 0.1) is 5.69 Å². The Balaban J connectivity index is 1.43. The smallest absolute Gasteiger partial charge is 0.225 e. The summed E-state index contributed by atoms with van der Waals surface area (Å²) in [5, 5.41) is 3.07. The summed E-state index contributed by atoms with van der Waals surface area (Å²) in [7, 11) is 0. The predicted molar refractivity (Wildman–Crippen MR) is 85.4 cm³/mol. The number of nitrogens with one attached hydrogen (secondary N) is 1. The molecule has 23 heavy (non-hydrogen) atoms. The average molecular weight is 316 g/mol. The highest BCUT2D eigenvalue weighted by Crippen LogP contribution is 2.32. The summed E-state index contributed by atoms with van der Waals surface area (Å²) < 4.78 is 0. The first-order valence-electron chi connectivity index (χ1n) is 8.47. The number of likely N-dealkylation sites (tertiary alicyclic amines) is 1. The molecule has 124 valence electrons. The second-order valence-electron chi connectivity index (χ2n) is 6.68. The van der Waals surface area contributed by atoms with Gasteiger partial charge in [0.2, 0.25) is 11.8 Å². The number of rotatable bonds is 5. The molecule has 2 aliphatic rings. The fourth-order valence-corrected chi connectivity index (χ4v) is 3.11. The number of carbonyl (C=O) groups excluding carboxylic acids is 2. The Morgan fingerprint density at radius 1 is 1.22 bits per heavy atom. The second-order valence-corrected chi connectivity index (χ2v) is 6.68. The zero-order valence-corrected chi connectivity index (χ0v) is 13.6. The third-order valence-corrected chi connectivity index (χ3v) is 4.62. The number of nitrogens with zero attached hydrogens (tertiary/aromatic N) is 3. The van der Waals surface area contributed by atoms with Crippen molar-refractivity contribution in [3.63, 3.8) is 0 Å². The van der Waals surface area contributed by atoms with E-state index in [0.717, 1.165) is 31.4 Å². The van der Waals surface area contributed by atoms with Gasteiger partial charge in [-0.1, -0.05) is 0 Å². The summed E-state index contributed by atoms with van der Waals surface area (Å²) >= 11 is 0. The molecule has 1 aliphatic heterocycles. The molecule has 2 heterocycles. The van der Waals surface area contributed by atoms with Gasteiger partial charge in [0.25, 0.3) is 0 Å². The first-order valence-corrected chi connectivity index (χ1v) is 8.47. The molecule has 6 nitrogen and oxygen atoms in total. The van der Waals surface area contributed by atoms with Crippen LogP contribution in [0.3, 0.4) is 0 Å². The molecule has 1 atom stereocenters. The van der Waals surface area contributed by atoms with Crippen molar-refractivity contribution in [2.75, 3.05) is 13.1 Å². The van der Waals surface area contributed by atoms with E-state index in [0.29, 0.717) is 25.4 Å². The number of hydrogen-bond acceptors (Lipinski definition) is 4. The summed E-state index contributed by atoms with van der Waals surface area (Å²) in [6, 6.07) is 0.0327. The van der Waals surface area contributed by atoms with Crippen LogP contribution in [-0.2, 0) is 16.0 Å². The van der Waals surface area contributed by atoms with Crippen LogP contribution in [0.25, 0.3) is 0 Å². The summed E-state index contributed by atoms with van der Waals surface area (Å²) in [4.78, 5) is 34.6. The molecule has 1 aromatic heterocycles. The molecule has 1 saturated carbocycles. The van der Waals surface area contributed by atoms with E-state index < -0.39 is 0 Å². The van der Waals surface area contributed by atoms with E-state index in [9.17, 15) is 9.59 Å². The zero-order valence-electron chi connectivity index (χ0n) is 13.6. The summed E-state index contributed by atoms with van der Waals surface area (Å²) in [5.74, 6) is 0.676. The summed E-state index contributed by atoms with van der Waals surface area (Å²) in [6.07, 6.45) is 9.33. The van der Waals surface area contributed by atoms with Gasteiger partial charge < -0.3 is 10.2 Å². The Kier molecular flexibility index (Phi) is 4.88. The van der Waals surface area contributed by atoms with Gasteiger partial charge in [-0.05, 0) is 32.6 Å². The maximum atomic E-state index is 12.4. The van der Waals surface area contributed by atoms with Crippen molar-refractivity contribution in [2.45, 2.75) is 45.1 Å². The van der Waals surface area contributed by atoms with Gasteiger partial charge in [-0.2, -0.15) is 0 Å². The predicted octanol–water partition coefficient (Wildman–Crippen LogP) is 1.17. The molecule has 1 aliphatic carbocycles. The van der Waals surface area contributed by atoms with E-state index in [1.807, 2.05) is 11.8 Å². The molecular weight excluding hydrogens is 292 g/mol. The number of carbonyl (C=O) groups is 2. The molecule has 3 rings (SSSR count). The molecule has 1 unspecified atom stereocenters. The van der Waals surface area contributed by atoms with Crippen molar-refractivity contribution in [1.82, 2.24) is 20.2 Å². The van der Waals surface area contributed by atoms with Crippen LogP contribution in [0.4, 0.5) is 0 Å². The lowest BCUT2D eigenvalue weighted by Crippen LogP contribution is -2.45. The van der Waals surface area contributed by atoms with Crippen LogP contribution in [0.1, 0.15) is 38.3 Å². The quantitative estimate of drug-likeness (QED) is 0.885. The van der Waals surface area contributed by atoms with Crippen LogP contribution >= 0.6 is 0 Å². The normalized spacial score (nSPS) is 20.1. The minimum atomic E-state index is 0.0163. The third kappa shape index (κ3) is 4.27. The molecule has 0 spiro atoms. The molecule has 0 bridgehead atoms. The van der Waals surface area contributed by atoms with Gasteiger partial charge >= 0.3 is 0 Å². The molecule has 2 fully saturated rings. The van der Waals surface area contributed by atoms with Crippen LogP contribution in [-0.4, -0.2) is 45.8 Å². The van der Waals surface area contributed by atoms with Crippen LogP contribution in [0, 0.1) is 11.8 Å². The van der Waals surface area contributed by atoms with Crippen LogP contribution < -0.4 is 5.32 Å². The Morgan fingerprint density at radius 3 is 2.57 bits per heavy atom. The minimum absolute atomic E-state index is 0.0163. The van der Waals surface area contributed by atoms with Crippen molar-refractivity contribution < 1.29 is 9.59 Å². The zero-order chi connectivity index (χ0) is 16.2. The molecule has 0 aromatic carbocycles. The highest BCUT2D eigenvalue weighted by molar-refractivity contribution is 5.82. The van der Waals surface area contributed by atoms with E-state index in [1.54, 1.807) is 18.6 Å². The van der Waals surface area contributed by atoms with Gasteiger partial charge in [0.1, 0.15) is 0 Å². The van der Waals surface area contributed by atoms with Gasteiger partial charge in [0, 0.05) is 56.0 Å². The first-order chi connectivity index (χ1) is 11.1. The lowest BCUT2D eigenvalue weighted by Gasteiger charge is -2.32. The van der Waals surface area contributed by atoms with E-state index in [1.165, 1.54) is 0 Å². The number of piperidine rings is 1. The molecule has 1 aromatic rings. The SMILES string of the molecule is CC(Cc1cnccn1)NC(=O)C1CCN(C(=O)C2CC2)CC1. The van der Waals surface area contributed by atoms with Crippen molar-refractivity contribution in [3.05, 3.63) is 24.3 Å². The summed E-state index contributed by atoms with van der Waals surface area (Å²) in [5.41, 5.74) is 0.880. The molecule has 6 heteroatoms. The number of hydrogen-bond donors (Lipinski definition) is 1. The third-order valence-electron chi connectivity index (χ3n) is 4.62. The lowest BCUT2D eigenvalue weighted by atomic mass is 9.95. The van der Waals surface area contributed by atoms with Crippen molar-refractivity contribution in [3.8, 4) is 0 Å². The highest BCUT2D eigenvalue weighted by Gasteiger charge is 2.36. The van der Waals surface area contributed by atoms with Gasteiger partial charge in [-0.15, -0.1) is 0 Å². The van der Waals surface area contributed by atoms with Crippen LogP contribution in [0.15, 0.2) is 18.6 Å². The maximum Gasteiger partial charge on any atom is 0.225 e. The highest BCUT2D eigenvalue weighted by atomic mass is 16.2. The first kappa shape index (κ1) is 15.9. The van der Waals surface area contributed by atoms with E-state index in [2.05, 4.69) is 15.3 Å². The van der Waals surface area contributed by atoms with E-state index in [4.69, 9.17) is 0 Å². The van der Waals surface area contributed by atoms with Gasteiger partial charge in [-0.3, -0.25) is 19.6 Å². The lowest BCUT2D eigenvalue weighted by molar-refractivity contribution is -0.136. The minimum Gasteiger partial charge on any atom is -0.353 e. The van der Waals surface area contributed by atoms with Crippen LogP contribution in [0.5, 0.6) is 0 Å². The van der Waals surface area contributed by atoms with Crippen LogP contribution in [0.2, 0.25) is 0 Å². The molecule has 1 saturated heterocycles. The Labute approximate surface area is 136 Å². The topological polar surface area (TPSA) is 75.2 Å². The standard InChI is InChI=1S/C17H24N4O2/c1-12(10-15-11-18-6-7-19-15)20-16(22)13-4-8-21(9-5-13)17(23)14-2-3-14/h6-7,11-14H,2-5,8-10H2,1H3,(H,20,22). The van der Waals surface area contributed by atoms with Crippen molar-refractivity contribution in [2.24, 2.45) is 11.8 Å². The monoisotopic (exact) mass is 316 g/mol. The Morgan fingerprint density at radius 2 is 1.96 bits per heavy atom. The van der Waals surface area contributed by atoms with Gasteiger partial charge in [-0.25, -0.2) is 0 Å². The average Bonchev–Trinajstić information content (AvgIpc) is 3.40. The maximum absolute atomic E-state index is 12.4. The van der Waals surface area contributed by atoms with Crippen molar-refractivity contribution in [1.29, 1.82) is 0 Å². The number of amides is 2. The van der Waals surface area contributed by atoms with E-state index >= 15 is 0 Å². The molecule has 1 N–H and O–H groups in total. The van der Waals surface area contributed by atoms with Crippen molar-refractivity contribution >= 4 is 11.8 Å². The Hall–Kier alpha value is -1.98.